The Kier molecular flexibility index (Phi) is 7.05. The number of amides is 2. The van der Waals surface area contributed by atoms with Gasteiger partial charge in [0, 0.05) is 19.7 Å². The summed E-state index contributed by atoms with van der Waals surface area (Å²) in [5.74, 6) is 0.253. The molecule has 1 aliphatic heterocycles. The van der Waals surface area contributed by atoms with Gasteiger partial charge in [-0.2, -0.15) is 0 Å². The van der Waals surface area contributed by atoms with Crippen LogP contribution in [0, 0.1) is 5.92 Å². The fourth-order valence-electron chi connectivity index (χ4n) is 2.27. The van der Waals surface area contributed by atoms with Crippen molar-refractivity contribution in [3.63, 3.8) is 0 Å². The van der Waals surface area contributed by atoms with Crippen molar-refractivity contribution in [2.45, 2.75) is 51.7 Å². The number of hydrogen-bond donors (Lipinski definition) is 3. The van der Waals surface area contributed by atoms with Gasteiger partial charge < -0.3 is 20.5 Å². The second-order valence-corrected chi connectivity index (χ2v) is 4.87. The van der Waals surface area contributed by atoms with Crippen LogP contribution in [0.4, 0.5) is 4.79 Å². The molecular weight excluding hydrogens is 232 g/mol. The summed E-state index contributed by atoms with van der Waals surface area (Å²) in [4.78, 5) is 11.5. The quantitative estimate of drug-likeness (QED) is 0.644. The Bertz CT molecular complexity index is 238. The summed E-state index contributed by atoms with van der Waals surface area (Å²) in [6.45, 7) is 5.75. The highest BCUT2D eigenvalue weighted by Gasteiger charge is 2.18. The minimum Gasteiger partial charge on any atom is -0.391 e. The van der Waals surface area contributed by atoms with Gasteiger partial charge >= 0.3 is 6.03 Å². The molecule has 0 saturated carbocycles. The Morgan fingerprint density at radius 3 is 2.67 bits per heavy atom. The SMILES string of the molecule is CCC(CC)C(O)CNC(=O)NCC1CCCO1. The van der Waals surface area contributed by atoms with Crippen molar-refractivity contribution >= 4 is 6.03 Å². The van der Waals surface area contributed by atoms with Crippen LogP contribution in [0.25, 0.3) is 0 Å². The molecule has 1 saturated heterocycles. The van der Waals surface area contributed by atoms with Crippen LogP contribution in [0.1, 0.15) is 39.5 Å². The number of hydrogen-bond acceptors (Lipinski definition) is 3. The fraction of sp³-hybridized carbons (Fsp3) is 0.923. The van der Waals surface area contributed by atoms with Gasteiger partial charge in [-0.05, 0) is 18.8 Å². The van der Waals surface area contributed by atoms with E-state index in [-0.39, 0.29) is 18.1 Å². The van der Waals surface area contributed by atoms with Gasteiger partial charge in [0.25, 0.3) is 0 Å². The van der Waals surface area contributed by atoms with Gasteiger partial charge in [-0.1, -0.05) is 26.7 Å². The average molecular weight is 258 g/mol. The van der Waals surface area contributed by atoms with E-state index in [0.717, 1.165) is 32.3 Å². The molecule has 5 nitrogen and oxygen atoms in total. The molecule has 0 aromatic rings. The summed E-state index contributed by atoms with van der Waals surface area (Å²) < 4.78 is 5.41. The first-order valence-electron chi connectivity index (χ1n) is 6.98. The van der Waals surface area contributed by atoms with Crippen molar-refractivity contribution < 1.29 is 14.6 Å². The highest BCUT2D eigenvalue weighted by Crippen LogP contribution is 2.12. The lowest BCUT2D eigenvalue weighted by Crippen LogP contribution is -2.43. The van der Waals surface area contributed by atoms with E-state index in [4.69, 9.17) is 4.74 Å². The lowest BCUT2D eigenvalue weighted by Gasteiger charge is -2.20. The molecule has 0 radical (unpaired) electrons. The molecule has 0 spiro atoms. The second-order valence-electron chi connectivity index (χ2n) is 4.87. The van der Waals surface area contributed by atoms with E-state index in [1.165, 1.54) is 0 Å². The lowest BCUT2D eigenvalue weighted by atomic mass is 9.97. The standard InChI is InChI=1S/C13H26N2O3/c1-3-10(4-2)12(16)9-15-13(17)14-8-11-6-5-7-18-11/h10-12,16H,3-9H2,1-2H3,(H2,14,15,17). The molecule has 5 heteroatoms. The summed E-state index contributed by atoms with van der Waals surface area (Å²) in [5.41, 5.74) is 0. The summed E-state index contributed by atoms with van der Waals surface area (Å²) in [7, 11) is 0. The van der Waals surface area contributed by atoms with E-state index < -0.39 is 6.10 Å². The number of aliphatic hydroxyl groups is 1. The topological polar surface area (TPSA) is 70.6 Å². The van der Waals surface area contributed by atoms with E-state index in [9.17, 15) is 9.90 Å². The molecule has 1 aliphatic rings. The van der Waals surface area contributed by atoms with Gasteiger partial charge in [0.1, 0.15) is 0 Å². The number of ether oxygens (including phenoxy) is 1. The third-order valence-electron chi connectivity index (χ3n) is 3.58. The summed E-state index contributed by atoms with van der Waals surface area (Å²) in [6.07, 6.45) is 3.62. The lowest BCUT2D eigenvalue weighted by molar-refractivity contribution is 0.101. The molecule has 106 valence electrons. The van der Waals surface area contributed by atoms with Crippen LogP contribution in [-0.2, 0) is 4.74 Å². The molecule has 1 heterocycles. The van der Waals surface area contributed by atoms with Crippen molar-refractivity contribution in [3.8, 4) is 0 Å². The maximum Gasteiger partial charge on any atom is 0.314 e. The van der Waals surface area contributed by atoms with E-state index >= 15 is 0 Å². The van der Waals surface area contributed by atoms with E-state index in [1.54, 1.807) is 0 Å². The van der Waals surface area contributed by atoms with Crippen LogP contribution < -0.4 is 10.6 Å². The first-order chi connectivity index (χ1) is 8.67. The van der Waals surface area contributed by atoms with Gasteiger partial charge in [0.2, 0.25) is 0 Å². The molecule has 2 amide bonds. The number of rotatable bonds is 7. The van der Waals surface area contributed by atoms with E-state index in [0.29, 0.717) is 13.1 Å². The maximum absolute atomic E-state index is 11.5. The highest BCUT2D eigenvalue weighted by molar-refractivity contribution is 5.73. The number of carbonyl (C=O) groups is 1. The third-order valence-corrected chi connectivity index (χ3v) is 3.58. The van der Waals surface area contributed by atoms with Crippen molar-refractivity contribution in [2.75, 3.05) is 19.7 Å². The van der Waals surface area contributed by atoms with Gasteiger partial charge in [0.15, 0.2) is 0 Å². The van der Waals surface area contributed by atoms with Gasteiger partial charge in [-0.25, -0.2) is 4.79 Å². The maximum atomic E-state index is 11.5. The second kappa shape index (κ2) is 8.32. The zero-order valence-corrected chi connectivity index (χ0v) is 11.4. The largest absolute Gasteiger partial charge is 0.391 e. The molecule has 2 atom stereocenters. The third kappa shape index (κ3) is 5.23. The van der Waals surface area contributed by atoms with E-state index in [2.05, 4.69) is 24.5 Å². The van der Waals surface area contributed by atoms with Crippen molar-refractivity contribution in [1.82, 2.24) is 10.6 Å². The van der Waals surface area contributed by atoms with Crippen LogP contribution in [-0.4, -0.2) is 43.0 Å². The van der Waals surface area contributed by atoms with Crippen LogP contribution in [0.3, 0.4) is 0 Å². The number of nitrogens with one attached hydrogen (secondary N) is 2. The first kappa shape index (κ1) is 15.2. The normalized spacial score (nSPS) is 21.0. The summed E-state index contributed by atoms with van der Waals surface area (Å²) >= 11 is 0. The molecule has 0 aromatic carbocycles. The Morgan fingerprint density at radius 1 is 1.39 bits per heavy atom. The molecule has 0 aromatic heterocycles. The summed E-state index contributed by atoms with van der Waals surface area (Å²) in [5, 5.41) is 15.3. The molecule has 1 fully saturated rings. The molecule has 0 aliphatic carbocycles. The van der Waals surface area contributed by atoms with Crippen LogP contribution in [0.15, 0.2) is 0 Å². The van der Waals surface area contributed by atoms with Crippen LogP contribution in [0.5, 0.6) is 0 Å². The van der Waals surface area contributed by atoms with Gasteiger partial charge in [0.05, 0.1) is 12.2 Å². The number of aliphatic hydroxyl groups excluding tert-OH is 1. The van der Waals surface area contributed by atoms with Crippen molar-refractivity contribution in [3.05, 3.63) is 0 Å². The van der Waals surface area contributed by atoms with Crippen molar-refractivity contribution in [1.29, 1.82) is 0 Å². The predicted octanol–water partition coefficient (Wildman–Crippen LogP) is 1.26. The minimum atomic E-state index is -0.464. The Hall–Kier alpha value is -0.810. The first-order valence-corrected chi connectivity index (χ1v) is 6.98. The molecule has 1 rings (SSSR count). The van der Waals surface area contributed by atoms with Crippen LogP contribution in [0.2, 0.25) is 0 Å². The predicted molar refractivity (Wildman–Crippen MR) is 70.5 cm³/mol. The minimum absolute atomic E-state index is 0.153. The number of urea groups is 1. The zero-order valence-electron chi connectivity index (χ0n) is 11.4. The van der Waals surface area contributed by atoms with E-state index in [1.807, 2.05) is 0 Å². The van der Waals surface area contributed by atoms with Crippen LogP contribution >= 0.6 is 0 Å². The smallest absolute Gasteiger partial charge is 0.314 e. The highest BCUT2D eigenvalue weighted by atomic mass is 16.5. The fourth-order valence-corrected chi connectivity index (χ4v) is 2.27. The molecule has 0 bridgehead atoms. The molecular formula is C13H26N2O3. The Morgan fingerprint density at radius 2 is 2.11 bits per heavy atom. The Balaban J connectivity index is 2.11. The molecule has 3 N–H and O–H groups in total. The van der Waals surface area contributed by atoms with Gasteiger partial charge in [-0.15, -0.1) is 0 Å². The van der Waals surface area contributed by atoms with Crippen molar-refractivity contribution in [2.24, 2.45) is 5.92 Å². The molecule has 2 unspecified atom stereocenters. The monoisotopic (exact) mass is 258 g/mol. The zero-order chi connectivity index (χ0) is 13.4. The summed E-state index contributed by atoms with van der Waals surface area (Å²) in [6, 6.07) is -0.226. The number of carbonyl (C=O) groups excluding carboxylic acids is 1. The Labute approximate surface area is 109 Å². The molecule has 18 heavy (non-hydrogen) atoms. The average Bonchev–Trinajstić information content (AvgIpc) is 2.88. The van der Waals surface area contributed by atoms with Gasteiger partial charge in [-0.3, -0.25) is 0 Å².